The van der Waals surface area contributed by atoms with Gasteiger partial charge in [0.05, 0.1) is 6.54 Å². The molecule has 0 unspecified atom stereocenters. The van der Waals surface area contributed by atoms with Crippen LogP contribution < -0.4 is 10.6 Å². The number of hydrogen-bond acceptors (Lipinski definition) is 4. The van der Waals surface area contributed by atoms with Gasteiger partial charge in [0.1, 0.15) is 18.1 Å². The van der Waals surface area contributed by atoms with Gasteiger partial charge in [0.15, 0.2) is 0 Å². The van der Waals surface area contributed by atoms with Crippen LogP contribution in [-0.4, -0.2) is 50.2 Å². The lowest BCUT2D eigenvalue weighted by Crippen LogP contribution is -2.42. The van der Waals surface area contributed by atoms with Crippen molar-refractivity contribution in [2.75, 3.05) is 32.7 Å². The first-order valence-corrected chi connectivity index (χ1v) is 8.29. The van der Waals surface area contributed by atoms with Gasteiger partial charge >= 0.3 is 6.18 Å². The Hall–Kier alpha value is -2.32. The van der Waals surface area contributed by atoms with Gasteiger partial charge in [-0.3, -0.25) is 9.69 Å². The molecule has 1 aliphatic heterocycles. The third-order valence-electron chi connectivity index (χ3n) is 3.69. The summed E-state index contributed by atoms with van der Waals surface area (Å²) >= 11 is 0. The molecular formula is C18H22F3N3O2. The highest BCUT2D eigenvalue weighted by molar-refractivity contribution is 5.57. The zero-order valence-electron chi connectivity index (χ0n) is 14.3. The van der Waals surface area contributed by atoms with Crippen LogP contribution in [-0.2, 0) is 11.3 Å². The molecule has 0 atom stereocenters. The molecule has 8 heteroatoms. The summed E-state index contributed by atoms with van der Waals surface area (Å²) in [6.07, 6.45) is -4.28. The van der Waals surface area contributed by atoms with E-state index in [-0.39, 0.29) is 6.41 Å². The smallest absolute Gasteiger partial charge is 0.405 e. The summed E-state index contributed by atoms with van der Waals surface area (Å²) < 4.78 is 39.0. The number of halogens is 3. The van der Waals surface area contributed by atoms with Crippen LogP contribution in [0.3, 0.4) is 0 Å². The van der Waals surface area contributed by atoms with E-state index in [1.165, 1.54) is 5.32 Å². The van der Waals surface area contributed by atoms with Crippen molar-refractivity contribution in [3.05, 3.63) is 48.2 Å². The van der Waals surface area contributed by atoms with Gasteiger partial charge in [0, 0.05) is 31.7 Å². The number of hydrogen-bond donors (Lipinski definition) is 2. The van der Waals surface area contributed by atoms with Crippen LogP contribution in [0.1, 0.15) is 5.76 Å². The molecule has 0 saturated carbocycles. The number of piperazine rings is 1. The van der Waals surface area contributed by atoms with Crippen LogP contribution in [0.2, 0.25) is 0 Å². The maximum Gasteiger partial charge on any atom is 0.405 e. The molecule has 1 aliphatic rings. The number of carbonyl (C=O) groups is 1. The summed E-state index contributed by atoms with van der Waals surface area (Å²) in [4.78, 5) is 11.7. The van der Waals surface area contributed by atoms with Gasteiger partial charge in [-0.2, -0.15) is 13.2 Å². The maximum atomic E-state index is 11.0. The first kappa shape index (κ1) is 20.0. The molecule has 5 nitrogen and oxygen atoms in total. The second kappa shape index (κ2) is 9.98. The second-order valence-electron chi connectivity index (χ2n) is 5.77. The third-order valence-corrected chi connectivity index (χ3v) is 3.69. The zero-order chi connectivity index (χ0) is 18.8. The standard InChI is InChI=1S/C15H18N2O.C3H4F3NO/c1-2-4-13(5-3-1)15-7-6-14(18-15)12-17-10-8-16-9-11-17;4-3(5,6)1-7-2-8/h1-7,16H,8-12H2;2H,1H2,(H,7,8). The van der Waals surface area contributed by atoms with E-state index in [0.29, 0.717) is 0 Å². The lowest BCUT2D eigenvalue weighted by molar-refractivity contribution is -0.132. The van der Waals surface area contributed by atoms with E-state index in [9.17, 15) is 18.0 Å². The van der Waals surface area contributed by atoms with E-state index in [4.69, 9.17) is 4.42 Å². The molecule has 142 valence electrons. The maximum absolute atomic E-state index is 11.0. The third kappa shape index (κ3) is 7.28. The Balaban J connectivity index is 0.000000260. The zero-order valence-corrected chi connectivity index (χ0v) is 14.3. The van der Waals surface area contributed by atoms with Gasteiger partial charge in [-0.25, -0.2) is 0 Å². The highest BCUT2D eigenvalue weighted by atomic mass is 19.4. The van der Waals surface area contributed by atoms with Crippen molar-refractivity contribution < 1.29 is 22.4 Å². The molecule has 3 rings (SSSR count). The Morgan fingerprint density at radius 2 is 1.81 bits per heavy atom. The van der Waals surface area contributed by atoms with Crippen molar-refractivity contribution in [1.82, 2.24) is 15.5 Å². The molecule has 1 aromatic heterocycles. The number of nitrogens with one attached hydrogen (secondary N) is 2. The predicted molar refractivity (Wildman–Crippen MR) is 92.4 cm³/mol. The van der Waals surface area contributed by atoms with Gasteiger partial charge in [-0.05, 0) is 12.1 Å². The van der Waals surface area contributed by atoms with Gasteiger partial charge in [-0.15, -0.1) is 0 Å². The fourth-order valence-electron chi connectivity index (χ4n) is 2.47. The van der Waals surface area contributed by atoms with Crippen LogP contribution in [0.15, 0.2) is 46.9 Å². The van der Waals surface area contributed by atoms with E-state index >= 15 is 0 Å². The molecule has 2 heterocycles. The number of amides is 1. The van der Waals surface area contributed by atoms with E-state index < -0.39 is 12.7 Å². The fraction of sp³-hybridized carbons (Fsp3) is 0.389. The number of furan rings is 1. The number of carbonyl (C=O) groups excluding carboxylic acids is 1. The van der Waals surface area contributed by atoms with Crippen molar-refractivity contribution in [3.63, 3.8) is 0 Å². The largest absolute Gasteiger partial charge is 0.460 e. The van der Waals surface area contributed by atoms with Gasteiger partial charge in [-0.1, -0.05) is 30.3 Å². The quantitative estimate of drug-likeness (QED) is 0.796. The van der Waals surface area contributed by atoms with Gasteiger partial charge in [0.25, 0.3) is 0 Å². The Labute approximate surface area is 150 Å². The average molecular weight is 369 g/mol. The van der Waals surface area contributed by atoms with E-state index in [1.54, 1.807) is 0 Å². The Morgan fingerprint density at radius 1 is 1.12 bits per heavy atom. The van der Waals surface area contributed by atoms with Crippen LogP contribution in [0.25, 0.3) is 11.3 Å². The normalized spacial score (nSPS) is 15.0. The van der Waals surface area contributed by atoms with E-state index in [0.717, 1.165) is 49.8 Å². The van der Waals surface area contributed by atoms with Crippen molar-refractivity contribution in [1.29, 1.82) is 0 Å². The Morgan fingerprint density at radius 3 is 2.38 bits per heavy atom. The molecule has 1 saturated heterocycles. The summed E-state index contributed by atoms with van der Waals surface area (Å²) in [5.74, 6) is 2.01. The van der Waals surface area contributed by atoms with Crippen molar-refractivity contribution in [2.45, 2.75) is 12.7 Å². The SMILES string of the molecule is O=CNCC(F)(F)F.c1ccc(-c2ccc(CN3CCNCC3)o2)cc1. The lowest BCUT2D eigenvalue weighted by Gasteiger charge is -2.26. The monoisotopic (exact) mass is 369 g/mol. The van der Waals surface area contributed by atoms with Crippen LogP contribution in [0, 0.1) is 0 Å². The molecule has 0 radical (unpaired) electrons. The average Bonchev–Trinajstić information content (AvgIpc) is 3.10. The molecule has 1 aromatic carbocycles. The van der Waals surface area contributed by atoms with Gasteiger partial charge < -0.3 is 15.1 Å². The number of nitrogens with zero attached hydrogens (tertiary/aromatic N) is 1. The van der Waals surface area contributed by atoms with Gasteiger partial charge in [0.2, 0.25) is 6.41 Å². The molecule has 26 heavy (non-hydrogen) atoms. The summed E-state index contributed by atoms with van der Waals surface area (Å²) in [5, 5.41) is 4.84. The first-order chi connectivity index (χ1) is 12.5. The highest BCUT2D eigenvalue weighted by Gasteiger charge is 2.25. The van der Waals surface area contributed by atoms with Crippen molar-refractivity contribution >= 4 is 6.41 Å². The van der Waals surface area contributed by atoms with Crippen molar-refractivity contribution in [3.8, 4) is 11.3 Å². The molecule has 2 aromatic rings. The molecule has 0 spiro atoms. The summed E-state index contributed by atoms with van der Waals surface area (Å²) in [5.41, 5.74) is 1.14. The van der Waals surface area contributed by atoms with Crippen LogP contribution >= 0.6 is 0 Å². The molecule has 1 fully saturated rings. The fourth-order valence-corrected chi connectivity index (χ4v) is 2.47. The van der Waals surface area contributed by atoms with E-state index in [2.05, 4.69) is 34.5 Å². The summed E-state index contributed by atoms with van der Waals surface area (Å²) in [7, 11) is 0. The molecule has 0 aliphatic carbocycles. The van der Waals surface area contributed by atoms with Crippen LogP contribution in [0.5, 0.6) is 0 Å². The van der Waals surface area contributed by atoms with E-state index in [1.807, 2.05) is 18.2 Å². The summed E-state index contributed by atoms with van der Waals surface area (Å²) in [6, 6.07) is 14.4. The molecule has 1 amide bonds. The van der Waals surface area contributed by atoms with Crippen LogP contribution in [0.4, 0.5) is 13.2 Å². The molecule has 2 N–H and O–H groups in total. The predicted octanol–water partition coefficient (Wildman–Crippen LogP) is 2.65. The minimum absolute atomic E-state index is 0.00743. The summed E-state index contributed by atoms with van der Waals surface area (Å²) in [6.45, 7) is 4.01. The number of rotatable bonds is 5. The second-order valence-corrected chi connectivity index (χ2v) is 5.77. The minimum Gasteiger partial charge on any atom is -0.460 e. The lowest BCUT2D eigenvalue weighted by atomic mass is 10.2. The number of benzene rings is 1. The highest BCUT2D eigenvalue weighted by Crippen LogP contribution is 2.22. The molecular weight excluding hydrogens is 347 g/mol. The Kier molecular flexibility index (Phi) is 7.68. The van der Waals surface area contributed by atoms with Crippen molar-refractivity contribution in [2.24, 2.45) is 0 Å². The Bertz CT molecular complexity index is 653. The topological polar surface area (TPSA) is 57.5 Å². The molecule has 0 bridgehead atoms. The number of alkyl halides is 3. The minimum atomic E-state index is -4.29. The first-order valence-electron chi connectivity index (χ1n) is 8.29.